The van der Waals surface area contributed by atoms with Crippen LogP contribution in [0.15, 0.2) is 36.5 Å². The Morgan fingerprint density at radius 2 is 1.78 bits per heavy atom. The molecule has 32 heavy (non-hydrogen) atoms. The van der Waals surface area contributed by atoms with Crippen molar-refractivity contribution in [2.75, 3.05) is 26.2 Å². The Bertz CT molecular complexity index is 938. The number of aryl methyl sites for hydroxylation is 2. The molecule has 2 saturated heterocycles. The van der Waals surface area contributed by atoms with Crippen molar-refractivity contribution in [2.45, 2.75) is 52.4 Å². The van der Waals surface area contributed by atoms with Crippen molar-refractivity contribution >= 4 is 11.8 Å². The van der Waals surface area contributed by atoms with Crippen molar-refractivity contribution in [1.29, 1.82) is 0 Å². The van der Waals surface area contributed by atoms with Gasteiger partial charge in [0.15, 0.2) is 0 Å². The molecule has 170 valence electrons. The van der Waals surface area contributed by atoms with Gasteiger partial charge in [-0.25, -0.2) is 9.97 Å². The number of amides is 2. The lowest BCUT2D eigenvalue weighted by molar-refractivity contribution is -0.137. The van der Waals surface area contributed by atoms with Gasteiger partial charge in [0.25, 0.3) is 5.91 Å². The van der Waals surface area contributed by atoms with Crippen molar-refractivity contribution in [2.24, 2.45) is 11.8 Å². The largest absolute Gasteiger partial charge is 0.342 e. The van der Waals surface area contributed by atoms with Crippen LogP contribution in [0.1, 0.15) is 59.5 Å². The minimum absolute atomic E-state index is 0.0117. The normalized spacial score (nSPS) is 20.3. The summed E-state index contributed by atoms with van der Waals surface area (Å²) in [5.41, 5.74) is 2.60. The monoisotopic (exact) mass is 434 g/mol. The van der Waals surface area contributed by atoms with E-state index in [2.05, 4.69) is 39.1 Å². The first-order valence-corrected chi connectivity index (χ1v) is 11.9. The van der Waals surface area contributed by atoms with Gasteiger partial charge in [0.2, 0.25) is 5.91 Å². The Hall–Kier alpha value is -2.76. The first kappa shape index (κ1) is 22.4. The maximum atomic E-state index is 13.4. The summed E-state index contributed by atoms with van der Waals surface area (Å²) in [6.45, 7) is 6.76. The molecule has 0 saturated carbocycles. The van der Waals surface area contributed by atoms with E-state index in [1.807, 2.05) is 24.8 Å². The summed E-state index contributed by atoms with van der Waals surface area (Å²) < 4.78 is 0. The van der Waals surface area contributed by atoms with Gasteiger partial charge in [-0.1, -0.05) is 36.8 Å². The van der Waals surface area contributed by atoms with E-state index >= 15 is 0 Å². The van der Waals surface area contributed by atoms with Gasteiger partial charge in [-0.2, -0.15) is 0 Å². The summed E-state index contributed by atoms with van der Waals surface area (Å²) in [7, 11) is 0. The van der Waals surface area contributed by atoms with E-state index in [1.165, 1.54) is 5.56 Å². The average Bonchev–Trinajstić information content (AvgIpc) is 2.99. The van der Waals surface area contributed by atoms with Crippen molar-refractivity contribution < 1.29 is 9.59 Å². The third-order valence-corrected chi connectivity index (χ3v) is 7.06. The molecule has 1 atom stereocenters. The molecule has 2 fully saturated rings. The molecule has 0 spiro atoms. The fourth-order valence-electron chi connectivity index (χ4n) is 5.17. The van der Waals surface area contributed by atoms with Crippen LogP contribution in [0.25, 0.3) is 0 Å². The molecular weight excluding hydrogens is 400 g/mol. The summed E-state index contributed by atoms with van der Waals surface area (Å²) in [5, 5.41) is 0. The van der Waals surface area contributed by atoms with Gasteiger partial charge in [-0.05, 0) is 57.4 Å². The number of carbonyl (C=O) groups is 2. The summed E-state index contributed by atoms with van der Waals surface area (Å²) in [6, 6.07) is 10.4. The molecule has 0 aliphatic carbocycles. The third-order valence-electron chi connectivity index (χ3n) is 7.06. The number of aromatic nitrogens is 2. The summed E-state index contributed by atoms with van der Waals surface area (Å²) in [6.07, 6.45) is 7.50. The summed E-state index contributed by atoms with van der Waals surface area (Å²) in [5.74, 6) is 1.47. The Kier molecular flexibility index (Phi) is 7.18. The molecule has 6 nitrogen and oxygen atoms in total. The van der Waals surface area contributed by atoms with Gasteiger partial charge in [0.1, 0.15) is 5.82 Å². The first-order chi connectivity index (χ1) is 15.5. The maximum Gasteiger partial charge on any atom is 0.257 e. The maximum absolute atomic E-state index is 13.4. The van der Waals surface area contributed by atoms with Crippen LogP contribution in [-0.2, 0) is 11.2 Å². The van der Waals surface area contributed by atoms with Crippen molar-refractivity contribution in [3.05, 3.63) is 59.2 Å². The van der Waals surface area contributed by atoms with Crippen LogP contribution < -0.4 is 0 Å². The molecule has 2 amide bonds. The second kappa shape index (κ2) is 10.2. The predicted octanol–water partition coefficient (Wildman–Crippen LogP) is 3.82. The average molecular weight is 435 g/mol. The molecule has 2 aliphatic heterocycles. The van der Waals surface area contributed by atoms with Crippen LogP contribution in [-0.4, -0.2) is 57.8 Å². The second-order valence-corrected chi connectivity index (χ2v) is 9.21. The fraction of sp³-hybridized carbons (Fsp3) is 0.538. The number of rotatable bonds is 5. The number of hydrogen-bond donors (Lipinski definition) is 0. The smallest absolute Gasteiger partial charge is 0.257 e. The Morgan fingerprint density at radius 1 is 1.03 bits per heavy atom. The molecule has 2 aromatic rings. The number of carbonyl (C=O) groups excluding carboxylic acids is 2. The van der Waals surface area contributed by atoms with E-state index in [9.17, 15) is 9.59 Å². The molecule has 4 rings (SSSR count). The number of piperidine rings is 1. The molecule has 6 heteroatoms. The zero-order chi connectivity index (χ0) is 22.5. The zero-order valence-corrected chi connectivity index (χ0v) is 19.3. The first-order valence-electron chi connectivity index (χ1n) is 11.9. The van der Waals surface area contributed by atoms with E-state index < -0.39 is 0 Å². The SMILES string of the molecule is Cc1ncc(C(=O)N2CCC([C@H]3CCCCN(CCc4ccccc4)C3=O)CC2)c(C)n1. The minimum atomic E-state index is 0.0117. The molecule has 1 aromatic carbocycles. The van der Waals surface area contributed by atoms with Crippen LogP contribution in [0.3, 0.4) is 0 Å². The molecule has 0 bridgehead atoms. The van der Waals surface area contributed by atoms with Gasteiger partial charge in [-0.15, -0.1) is 0 Å². The standard InChI is InChI=1S/C26H34N4O2/c1-19-24(18-27-20(2)28-19)26(32)30-16-12-22(13-17-30)23-10-6-7-14-29(25(23)31)15-11-21-8-4-3-5-9-21/h3-5,8-9,18,22-23H,6-7,10-17H2,1-2H3/t23-/m1/s1. The molecule has 2 aliphatic rings. The number of nitrogens with zero attached hydrogens (tertiary/aromatic N) is 4. The van der Waals surface area contributed by atoms with Crippen molar-refractivity contribution in [3.8, 4) is 0 Å². The van der Waals surface area contributed by atoms with Crippen LogP contribution in [0.4, 0.5) is 0 Å². The fourth-order valence-corrected chi connectivity index (χ4v) is 5.17. The number of hydrogen-bond acceptors (Lipinski definition) is 4. The molecule has 1 aromatic heterocycles. The van der Waals surface area contributed by atoms with Gasteiger partial charge in [0.05, 0.1) is 11.3 Å². The van der Waals surface area contributed by atoms with Crippen LogP contribution >= 0.6 is 0 Å². The lowest BCUT2D eigenvalue weighted by Gasteiger charge is -2.36. The molecule has 0 N–H and O–H groups in total. The highest BCUT2D eigenvalue weighted by Gasteiger charge is 2.36. The molecule has 0 unspecified atom stereocenters. The van der Waals surface area contributed by atoms with E-state index in [0.29, 0.717) is 36.3 Å². The highest BCUT2D eigenvalue weighted by atomic mass is 16.2. The third kappa shape index (κ3) is 5.17. The van der Waals surface area contributed by atoms with E-state index in [0.717, 1.165) is 57.3 Å². The highest BCUT2D eigenvalue weighted by molar-refractivity contribution is 5.95. The van der Waals surface area contributed by atoms with E-state index in [1.54, 1.807) is 6.20 Å². The second-order valence-electron chi connectivity index (χ2n) is 9.21. The lowest BCUT2D eigenvalue weighted by atomic mass is 9.81. The number of benzene rings is 1. The zero-order valence-electron chi connectivity index (χ0n) is 19.3. The summed E-state index contributed by atoms with van der Waals surface area (Å²) >= 11 is 0. The van der Waals surface area contributed by atoms with Gasteiger partial charge >= 0.3 is 0 Å². The van der Waals surface area contributed by atoms with E-state index in [4.69, 9.17) is 0 Å². The number of likely N-dealkylation sites (tertiary alicyclic amines) is 2. The van der Waals surface area contributed by atoms with Gasteiger partial charge in [0, 0.05) is 38.3 Å². The molecule has 0 radical (unpaired) electrons. The van der Waals surface area contributed by atoms with Crippen LogP contribution in [0, 0.1) is 25.7 Å². The van der Waals surface area contributed by atoms with Crippen LogP contribution in [0.5, 0.6) is 0 Å². The molecular formula is C26H34N4O2. The topological polar surface area (TPSA) is 66.4 Å². The lowest BCUT2D eigenvalue weighted by Crippen LogP contribution is -2.44. The molecule has 3 heterocycles. The predicted molar refractivity (Wildman–Crippen MR) is 124 cm³/mol. The summed E-state index contributed by atoms with van der Waals surface area (Å²) in [4.78, 5) is 38.9. The quantitative estimate of drug-likeness (QED) is 0.718. The van der Waals surface area contributed by atoms with Gasteiger partial charge < -0.3 is 9.80 Å². The Morgan fingerprint density at radius 3 is 2.50 bits per heavy atom. The Balaban J connectivity index is 1.35. The van der Waals surface area contributed by atoms with E-state index in [-0.39, 0.29) is 11.8 Å². The van der Waals surface area contributed by atoms with Gasteiger partial charge in [-0.3, -0.25) is 9.59 Å². The highest BCUT2D eigenvalue weighted by Crippen LogP contribution is 2.32. The van der Waals surface area contributed by atoms with Crippen molar-refractivity contribution in [1.82, 2.24) is 19.8 Å². The minimum Gasteiger partial charge on any atom is -0.342 e. The van der Waals surface area contributed by atoms with Crippen LogP contribution in [0.2, 0.25) is 0 Å². The Labute approximate surface area is 191 Å². The van der Waals surface area contributed by atoms with Crippen molar-refractivity contribution in [3.63, 3.8) is 0 Å².